The Hall–Kier alpha value is -1.62. The maximum Gasteiger partial charge on any atom is 0.234 e. The van der Waals surface area contributed by atoms with E-state index in [1.807, 2.05) is 0 Å². The minimum atomic E-state index is -0.692. The zero-order chi connectivity index (χ0) is 14.6. The standard InChI is InChI=1S/C12H18N6OS/c1-9(20-11-15-16-17-18(11)2)10(19)14-12(8-13)6-4-3-5-7-12/h9H,3-7H2,1-2H3,(H,14,19). The summed E-state index contributed by atoms with van der Waals surface area (Å²) >= 11 is 1.29. The van der Waals surface area contributed by atoms with E-state index in [9.17, 15) is 10.1 Å². The molecule has 0 aliphatic heterocycles. The molecule has 1 heterocycles. The highest BCUT2D eigenvalue weighted by atomic mass is 32.2. The molecule has 20 heavy (non-hydrogen) atoms. The van der Waals surface area contributed by atoms with Gasteiger partial charge in [-0.1, -0.05) is 31.0 Å². The lowest BCUT2D eigenvalue weighted by molar-refractivity contribution is -0.121. The fourth-order valence-electron chi connectivity index (χ4n) is 2.29. The van der Waals surface area contributed by atoms with Gasteiger partial charge in [0.2, 0.25) is 11.1 Å². The third kappa shape index (κ3) is 3.28. The van der Waals surface area contributed by atoms with Gasteiger partial charge in [-0.05, 0) is 30.2 Å². The van der Waals surface area contributed by atoms with Crippen LogP contribution in [0, 0.1) is 11.3 Å². The molecule has 1 fully saturated rings. The van der Waals surface area contributed by atoms with Crippen LogP contribution in [0.15, 0.2) is 5.16 Å². The van der Waals surface area contributed by atoms with Crippen LogP contribution in [0.4, 0.5) is 0 Å². The van der Waals surface area contributed by atoms with E-state index in [1.165, 1.54) is 16.4 Å². The first-order valence-electron chi connectivity index (χ1n) is 6.69. The third-order valence-electron chi connectivity index (χ3n) is 3.52. The molecule has 1 saturated carbocycles. The lowest BCUT2D eigenvalue weighted by Crippen LogP contribution is -2.50. The summed E-state index contributed by atoms with van der Waals surface area (Å²) in [6.07, 6.45) is 4.58. The first-order valence-corrected chi connectivity index (χ1v) is 7.56. The van der Waals surface area contributed by atoms with Gasteiger partial charge in [-0.15, -0.1) is 5.10 Å². The molecule has 0 saturated heterocycles. The van der Waals surface area contributed by atoms with Crippen molar-refractivity contribution in [3.63, 3.8) is 0 Å². The van der Waals surface area contributed by atoms with Crippen LogP contribution >= 0.6 is 11.8 Å². The maximum absolute atomic E-state index is 12.3. The van der Waals surface area contributed by atoms with Crippen molar-refractivity contribution < 1.29 is 4.79 Å². The molecule has 108 valence electrons. The Morgan fingerprint density at radius 3 is 2.75 bits per heavy atom. The van der Waals surface area contributed by atoms with Crippen molar-refractivity contribution in [2.45, 2.75) is 55.0 Å². The number of rotatable bonds is 4. The van der Waals surface area contributed by atoms with E-state index < -0.39 is 5.54 Å². The number of hydrogen-bond donors (Lipinski definition) is 1. The van der Waals surface area contributed by atoms with Crippen LogP contribution in [0.2, 0.25) is 0 Å². The molecule has 8 heteroatoms. The van der Waals surface area contributed by atoms with Crippen molar-refractivity contribution in [1.82, 2.24) is 25.5 Å². The molecule has 2 rings (SSSR count). The summed E-state index contributed by atoms with van der Waals surface area (Å²) in [5, 5.41) is 23.6. The molecule has 0 spiro atoms. The van der Waals surface area contributed by atoms with Gasteiger partial charge in [0, 0.05) is 7.05 Å². The SMILES string of the molecule is CC(Sc1nnnn1C)C(=O)NC1(C#N)CCCCC1. The van der Waals surface area contributed by atoms with Crippen molar-refractivity contribution >= 4 is 17.7 Å². The van der Waals surface area contributed by atoms with Crippen LogP contribution < -0.4 is 5.32 Å². The summed E-state index contributed by atoms with van der Waals surface area (Å²) in [5.41, 5.74) is -0.692. The van der Waals surface area contributed by atoms with Gasteiger partial charge < -0.3 is 5.32 Å². The normalized spacial score (nSPS) is 19.1. The van der Waals surface area contributed by atoms with Crippen molar-refractivity contribution in [2.75, 3.05) is 0 Å². The van der Waals surface area contributed by atoms with E-state index in [0.29, 0.717) is 5.16 Å². The smallest absolute Gasteiger partial charge is 0.234 e. The van der Waals surface area contributed by atoms with E-state index in [4.69, 9.17) is 0 Å². The van der Waals surface area contributed by atoms with Crippen molar-refractivity contribution in [1.29, 1.82) is 5.26 Å². The predicted molar refractivity (Wildman–Crippen MR) is 73.7 cm³/mol. The monoisotopic (exact) mass is 294 g/mol. The molecule has 0 radical (unpaired) electrons. The zero-order valence-electron chi connectivity index (χ0n) is 11.7. The number of thioether (sulfide) groups is 1. The van der Waals surface area contributed by atoms with Gasteiger partial charge in [0.05, 0.1) is 11.3 Å². The van der Waals surface area contributed by atoms with E-state index in [2.05, 4.69) is 26.9 Å². The Morgan fingerprint density at radius 1 is 1.50 bits per heavy atom. The summed E-state index contributed by atoms with van der Waals surface area (Å²) in [6, 6.07) is 2.29. The quantitative estimate of drug-likeness (QED) is 0.833. The van der Waals surface area contributed by atoms with Crippen LogP contribution in [0.5, 0.6) is 0 Å². The number of nitrogens with one attached hydrogen (secondary N) is 1. The molecule has 1 N–H and O–H groups in total. The van der Waals surface area contributed by atoms with Gasteiger partial charge in [-0.3, -0.25) is 4.79 Å². The number of aryl methyl sites for hydroxylation is 1. The number of hydrogen-bond acceptors (Lipinski definition) is 6. The number of tetrazole rings is 1. The molecule has 0 bridgehead atoms. The number of aromatic nitrogens is 4. The number of nitrogens with zero attached hydrogens (tertiary/aromatic N) is 5. The lowest BCUT2D eigenvalue weighted by atomic mass is 9.83. The van der Waals surface area contributed by atoms with Crippen LogP contribution in [-0.2, 0) is 11.8 Å². The molecule has 1 unspecified atom stereocenters. The molecular formula is C12H18N6OS. The molecule has 1 aromatic rings. The Kier molecular flexibility index (Phi) is 4.60. The number of carbonyl (C=O) groups is 1. The minimum absolute atomic E-state index is 0.138. The van der Waals surface area contributed by atoms with Gasteiger partial charge in [-0.25, -0.2) is 4.68 Å². The van der Waals surface area contributed by atoms with Crippen LogP contribution in [0.25, 0.3) is 0 Å². The second kappa shape index (κ2) is 6.22. The lowest BCUT2D eigenvalue weighted by Gasteiger charge is -2.32. The Morgan fingerprint density at radius 2 is 2.20 bits per heavy atom. The molecule has 1 aliphatic rings. The number of carbonyl (C=O) groups excluding carboxylic acids is 1. The topological polar surface area (TPSA) is 96.5 Å². The molecule has 1 aliphatic carbocycles. The molecule has 0 aromatic carbocycles. The maximum atomic E-state index is 12.3. The van der Waals surface area contributed by atoms with Gasteiger partial charge in [0.1, 0.15) is 5.54 Å². The van der Waals surface area contributed by atoms with Gasteiger partial charge in [-0.2, -0.15) is 5.26 Å². The molecule has 1 atom stereocenters. The first kappa shape index (κ1) is 14.8. The first-order chi connectivity index (χ1) is 9.56. The summed E-state index contributed by atoms with van der Waals surface area (Å²) < 4.78 is 1.52. The van der Waals surface area contributed by atoms with Crippen LogP contribution in [-0.4, -0.2) is 36.9 Å². The Balaban J connectivity index is 1.97. The average molecular weight is 294 g/mol. The second-order valence-electron chi connectivity index (χ2n) is 5.09. The highest BCUT2D eigenvalue weighted by molar-refractivity contribution is 8.00. The van der Waals surface area contributed by atoms with Crippen LogP contribution in [0.3, 0.4) is 0 Å². The largest absolute Gasteiger partial charge is 0.337 e. The van der Waals surface area contributed by atoms with E-state index in [0.717, 1.165) is 32.1 Å². The molecule has 1 amide bonds. The molecule has 7 nitrogen and oxygen atoms in total. The summed E-state index contributed by atoms with van der Waals surface area (Å²) in [4.78, 5) is 12.3. The average Bonchev–Trinajstić information content (AvgIpc) is 2.85. The molecule has 1 aromatic heterocycles. The third-order valence-corrected chi connectivity index (χ3v) is 4.64. The molecular weight excluding hydrogens is 276 g/mol. The van der Waals surface area contributed by atoms with E-state index >= 15 is 0 Å². The van der Waals surface area contributed by atoms with Crippen molar-refractivity contribution in [3.05, 3.63) is 0 Å². The van der Waals surface area contributed by atoms with E-state index in [1.54, 1.807) is 14.0 Å². The number of amides is 1. The highest BCUT2D eigenvalue weighted by Crippen LogP contribution is 2.28. The fourth-order valence-corrected chi connectivity index (χ4v) is 3.05. The highest BCUT2D eigenvalue weighted by Gasteiger charge is 2.35. The van der Waals surface area contributed by atoms with Crippen molar-refractivity contribution in [3.8, 4) is 6.07 Å². The van der Waals surface area contributed by atoms with Gasteiger partial charge in [0.15, 0.2) is 0 Å². The van der Waals surface area contributed by atoms with E-state index in [-0.39, 0.29) is 11.2 Å². The Bertz CT molecular complexity index is 516. The fraction of sp³-hybridized carbons (Fsp3) is 0.750. The zero-order valence-corrected chi connectivity index (χ0v) is 12.5. The van der Waals surface area contributed by atoms with Gasteiger partial charge >= 0.3 is 0 Å². The summed E-state index contributed by atoms with van der Waals surface area (Å²) in [6.45, 7) is 1.79. The summed E-state index contributed by atoms with van der Waals surface area (Å²) in [7, 11) is 1.73. The van der Waals surface area contributed by atoms with Crippen molar-refractivity contribution in [2.24, 2.45) is 7.05 Å². The minimum Gasteiger partial charge on any atom is -0.337 e. The number of nitriles is 1. The summed E-state index contributed by atoms with van der Waals surface area (Å²) in [5.74, 6) is -0.138. The second-order valence-corrected chi connectivity index (χ2v) is 6.40. The van der Waals surface area contributed by atoms with Crippen LogP contribution in [0.1, 0.15) is 39.0 Å². The Labute approximate surface area is 122 Å². The predicted octanol–water partition coefficient (Wildman–Crippen LogP) is 1.03. The van der Waals surface area contributed by atoms with Gasteiger partial charge in [0.25, 0.3) is 0 Å².